The Kier molecular flexibility index (Phi) is 3.43. The van der Waals surface area contributed by atoms with Gasteiger partial charge in [0.05, 0.1) is 22.2 Å². The number of para-hydroxylation sites is 2. The third kappa shape index (κ3) is 2.36. The van der Waals surface area contributed by atoms with Crippen molar-refractivity contribution in [2.75, 3.05) is 0 Å². The lowest BCUT2D eigenvalue weighted by molar-refractivity contribution is 0.987. The quantitative estimate of drug-likeness (QED) is 0.386. The maximum atomic E-state index is 5.08. The second-order valence-corrected chi connectivity index (χ2v) is 6.97. The van der Waals surface area contributed by atoms with E-state index in [1.807, 2.05) is 30.3 Å². The van der Waals surface area contributed by atoms with Gasteiger partial charge in [-0.15, -0.1) is 0 Å². The molecule has 6 rings (SSSR count). The molecule has 0 unspecified atom stereocenters. The van der Waals surface area contributed by atoms with Crippen molar-refractivity contribution in [3.05, 3.63) is 97.3 Å². The van der Waals surface area contributed by atoms with Crippen molar-refractivity contribution in [2.45, 2.75) is 0 Å². The molecule has 0 saturated heterocycles. The summed E-state index contributed by atoms with van der Waals surface area (Å²) in [5.74, 6) is 0.646. The summed E-state index contributed by atoms with van der Waals surface area (Å²) < 4.78 is 2.13. The van der Waals surface area contributed by atoms with Gasteiger partial charge in [0.15, 0.2) is 0 Å². The predicted octanol–water partition coefficient (Wildman–Crippen LogP) is 5.79. The highest BCUT2D eigenvalue weighted by Crippen LogP contribution is 2.40. The molecular formula is C25H16N4. The molecule has 0 amide bonds. The van der Waals surface area contributed by atoms with Gasteiger partial charge in [0.1, 0.15) is 0 Å². The first-order valence-electron chi connectivity index (χ1n) is 9.56. The second-order valence-electron chi connectivity index (χ2n) is 6.97. The summed E-state index contributed by atoms with van der Waals surface area (Å²) in [6.07, 6.45) is 3.55. The maximum Gasteiger partial charge on any atom is 0.234 e. The molecule has 0 spiro atoms. The minimum Gasteiger partial charge on any atom is -0.276 e. The van der Waals surface area contributed by atoms with Crippen molar-refractivity contribution in [2.24, 2.45) is 0 Å². The molecule has 4 heteroatoms. The highest BCUT2D eigenvalue weighted by Gasteiger charge is 2.21. The van der Waals surface area contributed by atoms with Gasteiger partial charge in [-0.05, 0) is 18.2 Å². The minimum absolute atomic E-state index is 0.646. The smallest absolute Gasteiger partial charge is 0.234 e. The van der Waals surface area contributed by atoms with Crippen molar-refractivity contribution in [3.8, 4) is 17.2 Å². The zero-order valence-electron chi connectivity index (χ0n) is 15.5. The van der Waals surface area contributed by atoms with Crippen molar-refractivity contribution in [3.63, 3.8) is 0 Å². The minimum atomic E-state index is 0.646. The fraction of sp³-hybridized carbons (Fsp3) is 0. The Balaban J connectivity index is 1.92. The van der Waals surface area contributed by atoms with Crippen LogP contribution in [-0.4, -0.2) is 19.5 Å². The van der Waals surface area contributed by atoms with Crippen molar-refractivity contribution in [1.82, 2.24) is 19.5 Å². The summed E-state index contributed by atoms with van der Waals surface area (Å²) in [5, 5.41) is 3.48. The Hall–Kier alpha value is -4.05. The molecule has 4 nitrogen and oxygen atoms in total. The molecule has 3 heterocycles. The van der Waals surface area contributed by atoms with E-state index in [2.05, 4.69) is 69.1 Å². The van der Waals surface area contributed by atoms with Crippen LogP contribution in [0.5, 0.6) is 0 Å². The zero-order chi connectivity index (χ0) is 19.2. The van der Waals surface area contributed by atoms with Gasteiger partial charge in [0, 0.05) is 34.1 Å². The van der Waals surface area contributed by atoms with Crippen molar-refractivity contribution >= 4 is 32.7 Å². The van der Waals surface area contributed by atoms with Crippen LogP contribution >= 0.6 is 0 Å². The van der Waals surface area contributed by atoms with Crippen LogP contribution in [0.1, 0.15) is 0 Å². The number of rotatable bonds is 2. The molecule has 0 bridgehead atoms. The van der Waals surface area contributed by atoms with Gasteiger partial charge < -0.3 is 0 Å². The van der Waals surface area contributed by atoms with Crippen LogP contribution in [0.3, 0.4) is 0 Å². The molecule has 0 aliphatic rings. The number of pyridine rings is 1. The standard InChI is InChI=1S/C25H16N4/c1-2-9-17(10-3-1)23-24-22(18-11-4-6-13-20(18)28-23)19-12-5-7-14-21(19)29(24)25-26-15-8-16-27-25/h1-16H. The summed E-state index contributed by atoms with van der Waals surface area (Å²) in [6, 6.07) is 28.9. The van der Waals surface area contributed by atoms with E-state index in [1.54, 1.807) is 12.4 Å². The summed E-state index contributed by atoms with van der Waals surface area (Å²) in [6.45, 7) is 0. The van der Waals surface area contributed by atoms with Crippen LogP contribution in [0.4, 0.5) is 0 Å². The summed E-state index contributed by atoms with van der Waals surface area (Å²) in [5.41, 5.74) is 5.09. The average molecular weight is 372 g/mol. The Labute approximate surface area is 167 Å². The van der Waals surface area contributed by atoms with E-state index in [0.717, 1.165) is 33.2 Å². The SMILES string of the molecule is c1ccc(-c2nc3ccccc3c3c4ccccc4n(-c4ncccn4)c23)cc1. The van der Waals surface area contributed by atoms with E-state index in [9.17, 15) is 0 Å². The van der Waals surface area contributed by atoms with E-state index in [0.29, 0.717) is 5.95 Å². The third-order valence-corrected chi connectivity index (χ3v) is 5.30. The summed E-state index contributed by atoms with van der Waals surface area (Å²) in [4.78, 5) is 14.2. The molecule has 136 valence electrons. The van der Waals surface area contributed by atoms with Gasteiger partial charge in [0.2, 0.25) is 5.95 Å². The van der Waals surface area contributed by atoms with E-state index in [-0.39, 0.29) is 0 Å². The van der Waals surface area contributed by atoms with Crippen LogP contribution in [0, 0.1) is 0 Å². The number of hydrogen-bond acceptors (Lipinski definition) is 3. The highest BCUT2D eigenvalue weighted by atomic mass is 15.2. The normalized spacial score (nSPS) is 11.4. The molecule has 0 atom stereocenters. The molecule has 0 N–H and O–H groups in total. The van der Waals surface area contributed by atoms with Crippen LogP contribution < -0.4 is 0 Å². The number of benzene rings is 3. The molecule has 6 aromatic rings. The number of nitrogens with zero attached hydrogens (tertiary/aromatic N) is 4. The average Bonchev–Trinajstić information content (AvgIpc) is 3.15. The lowest BCUT2D eigenvalue weighted by Gasteiger charge is -2.11. The fourth-order valence-electron chi connectivity index (χ4n) is 4.10. The van der Waals surface area contributed by atoms with E-state index < -0.39 is 0 Å². The molecule has 29 heavy (non-hydrogen) atoms. The Bertz CT molecular complexity index is 1490. The van der Waals surface area contributed by atoms with E-state index in [1.165, 1.54) is 10.8 Å². The highest BCUT2D eigenvalue weighted by molar-refractivity contribution is 6.23. The van der Waals surface area contributed by atoms with Crippen LogP contribution in [0.25, 0.3) is 49.9 Å². The molecule has 0 saturated carbocycles. The first-order valence-corrected chi connectivity index (χ1v) is 9.56. The maximum absolute atomic E-state index is 5.08. The van der Waals surface area contributed by atoms with Crippen LogP contribution in [-0.2, 0) is 0 Å². The van der Waals surface area contributed by atoms with Gasteiger partial charge >= 0.3 is 0 Å². The number of hydrogen-bond donors (Lipinski definition) is 0. The lowest BCUT2D eigenvalue weighted by atomic mass is 10.0. The van der Waals surface area contributed by atoms with Crippen molar-refractivity contribution < 1.29 is 0 Å². The molecule has 3 aromatic carbocycles. The number of aromatic nitrogens is 4. The first kappa shape index (κ1) is 16.0. The predicted molar refractivity (Wildman–Crippen MR) is 117 cm³/mol. The Morgan fingerprint density at radius 1 is 0.621 bits per heavy atom. The van der Waals surface area contributed by atoms with E-state index >= 15 is 0 Å². The van der Waals surface area contributed by atoms with Crippen LogP contribution in [0.15, 0.2) is 97.3 Å². The zero-order valence-corrected chi connectivity index (χ0v) is 15.5. The van der Waals surface area contributed by atoms with Gasteiger partial charge in [-0.3, -0.25) is 4.57 Å². The first-order chi connectivity index (χ1) is 14.4. The largest absolute Gasteiger partial charge is 0.276 e. The Morgan fingerprint density at radius 3 is 2.14 bits per heavy atom. The summed E-state index contributed by atoms with van der Waals surface area (Å²) >= 11 is 0. The lowest BCUT2D eigenvalue weighted by Crippen LogP contribution is -2.01. The van der Waals surface area contributed by atoms with Crippen molar-refractivity contribution in [1.29, 1.82) is 0 Å². The number of fused-ring (bicyclic) bond motifs is 5. The fourth-order valence-corrected chi connectivity index (χ4v) is 4.10. The third-order valence-electron chi connectivity index (χ3n) is 5.30. The van der Waals surface area contributed by atoms with Gasteiger partial charge in [-0.1, -0.05) is 66.7 Å². The van der Waals surface area contributed by atoms with Gasteiger partial charge in [0.25, 0.3) is 0 Å². The van der Waals surface area contributed by atoms with Gasteiger partial charge in [-0.25, -0.2) is 15.0 Å². The molecular weight excluding hydrogens is 356 g/mol. The summed E-state index contributed by atoms with van der Waals surface area (Å²) in [7, 11) is 0. The van der Waals surface area contributed by atoms with Crippen LogP contribution in [0.2, 0.25) is 0 Å². The topological polar surface area (TPSA) is 43.6 Å². The monoisotopic (exact) mass is 372 g/mol. The van der Waals surface area contributed by atoms with Gasteiger partial charge in [-0.2, -0.15) is 0 Å². The molecule has 3 aromatic heterocycles. The molecule has 0 aliphatic heterocycles. The Morgan fingerprint density at radius 2 is 1.31 bits per heavy atom. The molecule has 0 radical (unpaired) electrons. The second kappa shape index (κ2) is 6.24. The molecule has 0 fully saturated rings. The van der Waals surface area contributed by atoms with E-state index in [4.69, 9.17) is 4.98 Å². The molecule has 0 aliphatic carbocycles.